The SMILES string of the molecule is CN/C=C(\C=N)COc1ccc(/C=C/C(=O)Nc2ccccc2C(=O)O)cc1OC. The summed E-state index contributed by atoms with van der Waals surface area (Å²) in [4.78, 5) is 23.4. The third-order valence-corrected chi connectivity index (χ3v) is 3.94. The quantitative estimate of drug-likeness (QED) is 0.353. The van der Waals surface area contributed by atoms with Gasteiger partial charge in [0.05, 0.1) is 18.4 Å². The highest BCUT2D eigenvalue weighted by Crippen LogP contribution is 2.29. The van der Waals surface area contributed by atoms with E-state index in [1.807, 2.05) is 0 Å². The van der Waals surface area contributed by atoms with Crippen molar-refractivity contribution in [3.05, 3.63) is 71.4 Å². The number of carboxylic acids is 1. The minimum atomic E-state index is -1.12. The Kier molecular flexibility index (Phi) is 8.19. The minimum Gasteiger partial charge on any atom is -0.493 e. The summed E-state index contributed by atoms with van der Waals surface area (Å²) in [5.74, 6) is -0.609. The lowest BCUT2D eigenvalue weighted by Crippen LogP contribution is -2.11. The van der Waals surface area contributed by atoms with Crippen LogP contribution in [0.25, 0.3) is 6.08 Å². The number of hydrogen-bond acceptors (Lipinski definition) is 6. The van der Waals surface area contributed by atoms with Gasteiger partial charge in [-0.25, -0.2) is 4.79 Å². The Labute approximate surface area is 174 Å². The highest BCUT2D eigenvalue weighted by atomic mass is 16.5. The van der Waals surface area contributed by atoms with Crippen molar-refractivity contribution in [2.45, 2.75) is 0 Å². The highest BCUT2D eigenvalue weighted by Gasteiger charge is 2.10. The van der Waals surface area contributed by atoms with E-state index in [2.05, 4.69) is 10.6 Å². The maximum atomic E-state index is 12.2. The molecule has 2 aromatic carbocycles. The van der Waals surface area contributed by atoms with Crippen LogP contribution >= 0.6 is 0 Å². The van der Waals surface area contributed by atoms with Crippen LogP contribution in [0.5, 0.6) is 11.5 Å². The molecule has 0 aliphatic carbocycles. The summed E-state index contributed by atoms with van der Waals surface area (Å²) in [6, 6.07) is 11.3. The van der Waals surface area contributed by atoms with Crippen molar-refractivity contribution in [2.75, 3.05) is 26.1 Å². The second kappa shape index (κ2) is 11.1. The summed E-state index contributed by atoms with van der Waals surface area (Å²) in [6.07, 6.45) is 5.74. The lowest BCUT2D eigenvalue weighted by Gasteiger charge is -2.11. The van der Waals surface area contributed by atoms with Crippen LogP contribution in [-0.4, -0.2) is 44.0 Å². The van der Waals surface area contributed by atoms with Crippen molar-refractivity contribution in [3.63, 3.8) is 0 Å². The van der Waals surface area contributed by atoms with E-state index in [-0.39, 0.29) is 17.9 Å². The Bertz CT molecular complexity index is 982. The van der Waals surface area contributed by atoms with E-state index in [9.17, 15) is 14.7 Å². The van der Waals surface area contributed by atoms with E-state index < -0.39 is 11.9 Å². The summed E-state index contributed by atoms with van der Waals surface area (Å²) in [5, 5.41) is 21.9. The molecule has 0 saturated carbocycles. The molecule has 0 saturated heterocycles. The molecule has 0 heterocycles. The molecule has 30 heavy (non-hydrogen) atoms. The summed E-state index contributed by atoms with van der Waals surface area (Å²) < 4.78 is 11.0. The molecule has 0 aliphatic rings. The summed E-state index contributed by atoms with van der Waals surface area (Å²) >= 11 is 0. The van der Waals surface area contributed by atoms with Crippen molar-refractivity contribution in [2.24, 2.45) is 0 Å². The Balaban J connectivity index is 2.08. The maximum absolute atomic E-state index is 12.2. The molecule has 4 N–H and O–H groups in total. The van der Waals surface area contributed by atoms with Gasteiger partial charge in [0.1, 0.15) is 6.61 Å². The van der Waals surface area contributed by atoms with Crippen molar-refractivity contribution in [1.82, 2.24) is 5.32 Å². The fourth-order valence-electron chi connectivity index (χ4n) is 2.50. The molecule has 2 rings (SSSR count). The second-order valence-electron chi connectivity index (χ2n) is 6.02. The van der Waals surface area contributed by atoms with Crippen LogP contribution in [0, 0.1) is 5.41 Å². The molecular weight excluding hydrogens is 386 g/mol. The molecule has 1 amide bonds. The van der Waals surface area contributed by atoms with Gasteiger partial charge in [-0.2, -0.15) is 0 Å². The molecule has 0 unspecified atom stereocenters. The number of rotatable bonds is 10. The third-order valence-electron chi connectivity index (χ3n) is 3.94. The molecule has 0 aromatic heterocycles. The fourth-order valence-corrected chi connectivity index (χ4v) is 2.50. The van der Waals surface area contributed by atoms with Gasteiger partial charge in [0.25, 0.3) is 0 Å². The number of carbonyl (C=O) groups is 2. The van der Waals surface area contributed by atoms with Gasteiger partial charge in [-0.15, -0.1) is 0 Å². The second-order valence-corrected chi connectivity index (χ2v) is 6.02. The zero-order chi connectivity index (χ0) is 21.9. The van der Waals surface area contributed by atoms with Crippen LogP contribution in [0.15, 0.2) is 60.3 Å². The van der Waals surface area contributed by atoms with Gasteiger partial charge >= 0.3 is 5.97 Å². The molecule has 8 heteroatoms. The molecule has 156 valence electrons. The highest BCUT2D eigenvalue weighted by molar-refractivity contribution is 6.06. The van der Waals surface area contributed by atoms with E-state index in [4.69, 9.17) is 14.9 Å². The number of nitrogens with one attached hydrogen (secondary N) is 3. The Morgan fingerprint density at radius 3 is 2.60 bits per heavy atom. The first-order valence-corrected chi connectivity index (χ1v) is 8.97. The van der Waals surface area contributed by atoms with Gasteiger partial charge in [0, 0.05) is 31.1 Å². The standard InChI is InChI=1S/C22H23N3O5/c1-24-13-16(12-23)14-30-19-9-7-15(11-20(19)29-2)8-10-21(26)25-18-6-4-3-5-17(18)22(27)28/h3-13,23-24H,14H2,1-2H3,(H,25,26)(H,27,28)/b10-8+,16-13+,23-12?. The molecule has 0 aliphatic heterocycles. The van der Waals surface area contributed by atoms with Crippen LogP contribution in [0.3, 0.4) is 0 Å². The number of aromatic carboxylic acids is 1. The zero-order valence-electron chi connectivity index (χ0n) is 16.6. The van der Waals surface area contributed by atoms with Crippen LogP contribution in [0.1, 0.15) is 15.9 Å². The number of para-hydroxylation sites is 1. The molecule has 8 nitrogen and oxygen atoms in total. The van der Waals surface area contributed by atoms with Gasteiger partial charge in [-0.3, -0.25) is 4.79 Å². The number of ether oxygens (including phenoxy) is 2. The van der Waals surface area contributed by atoms with Crippen molar-refractivity contribution < 1.29 is 24.2 Å². The summed E-state index contributed by atoms with van der Waals surface area (Å²) in [6.45, 7) is 0.196. The predicted octanol–water partition coefficient (Wildman–Crippen LogP) is 3.18. The molecular formula is C22H23N3O5. The number of carbonyl (C=O) groups excluding carboxylic acids is 1. The third kappa shape index (κ3) is 6.23. The predicted molar refractivity (Wildman–Crippen MR) is 115 cm³/mol. The van der Waals surface area contributed by atoms with E-state index in [0.29, 0.717) is 22.6 Å². The number of carboxylic acid groups (broad SMARTS) is 1. The van der Waals surface area contributed by atoms with E-state index in [1.54, 1.807) is 49.7 Å². The van der Waals surface area contributed by atoms with E-state index in [1.165, 1.54) is 31.5 Å². The lowest BCUT2D eigenvalue weighted by atomic mass is 10.1. The number of benzene rings is 2. The molecule has 0 fully saturated rings. The van der Waals surface area contributed by atoms with Crippen LogP contribution in [-0.2, 0) is 4.79 Å². The monoisotopic (exact) mass is 409 g/mol. The van der Waals surface area contributed by atoms with Crippen LogP contribution < -0.4 is 20.1 Å². The first kappa shape index (κ1) is 22.2. The van der Waals surface area contributed by atoms with Gasteiger partial charge < -0.3 is 30.6 Å². The Hall–Kier alpha value is -4.07. The Morgan fingerprint density at radius 2 is 1.93 bits per heavy atom. The number of hydrogen-bond donors (Lipinski definition) is 4. The fraction of sp³-hybridized carbons (Fsp3) is 0.136. The number of amides is 1. The van der Waals surface area contributed by atoms with Crippen LogP contribution in [0.4, 0.5) is 5.69 Å². The minimum absolute atomic E-state index is 0.0130. The topological polar surface area (TPSA) is 121 Å². The maximum Gasteiger partial charge on any atom is 0.337 e. The largest absolute Gasteiger partial charge is 0.493 e. The lowest BCUT2D eigenvalue weighted by molar-refractivity contribution is -0.111. The first-order chi connectivity index (χ1) is 14.5. The van der Waals surface area contributed by atoms with Crippen molar-refractivity contribution >= 4 is 29.9 Å². The average Bonchev–Trinajstić information content (AvgIpc) is 2.75. The Morgan fingerprint density at radius 1 is 1.17 bits per heavy atom. The summed E-state index contributed by atoms with van der Waals surface area (Å²) in [5.41, 5.74) is 1.58. The van der Waals surface area contributed by atoms with Crippen molar-refractivity contribution in [3.8, 4) is 11.5 Å². The van der Waals surface area contributed by atoms with Gasteiger partial charge in [-0.1, -0.05) is 18.2 Å². The van der Waals surface area contributed by atoms with Gasteiger partial charge in [0.15, 0.2) is 11.5 Å². The normalized spacial score (nSPS) is 11.1. The summed E-state index contributed by atoms with van der Waals surface area (Å²) in [7, 11) is 3.24. The van der Waals surface area contributed by atoms with E-state index >= 15 is 0 Å². The van der Waals surface area contributed by atoms with Crippen LogP contribution in [0.2, 0.25) is 0 Å². The molecule has 0 radical (unpaired) electrons. The van der Waals surface area contributed by atoms with Gasteiger partial charge in [0.2, 0.25) is 5.91 Å². The van der Waals surface area contributed by atoms with Crippen molar-refractivity contribution in [1.29, 1.82) is 5.41 Å². The zero-order valence-corrected chi connectivity index (χ0v) is 16.6. The van der Waals surface area contributed by atoms with E-state index in [0.717, 1.165) is 0 Å². The molecule has 0 bridgehead atoms. The molecule has 2 aromatic rings. The number of methoxy groups -OCH3 is 1. The molecule has 0 spiro atoms. The first-order valence-electron chi connectivity index (χ1n) is 8.97. The smallest absolute Gasteiger partial charge is 0.337 e. The average molecular weight is 409 g/mol. The number of anilines is 1. The molecule has 0 atom stereocenters. The van der Waals surface area contributed by atoms with Gasteiger partial charge in [-0.05, 0) is 35.9 Å².